The Kier molecular flexibility index (Phi) is 3.82. The van der Waals surface area contributed by atoms with Gasteiger partial charge in [0.15, 0.2) is 0 Å². The molecule has 0 fully saturated rings. The van der Waals surface area contributed by atoms with E-state index in [2.05, 4.69) is 29.0 Å². The monoisotopic (exact) mass is 178 g/mol. The highest BCUT2D eigenvalue weighted by atomic mass is 15.1. The minimum atomic E-state index is 1.06. The molecule has 0 saturated carbocycles. The molecule has 1 N–H and O–H groups in total. The molecule has 2 rings (SSSR count). The van der Waals surface area contributed by atoms with Crippen LogP contribution < -0.4 is 4.57 Å². The first-order valence-electron chi connectivity index (χ1n) is 4.41. The van der Waals surface area contributed by atoms with E-state index in [-0.39, 0.29) is 0 Å². The van der Waals surface area contributed by atoms with Crippen molar-refractivity contribution in [2.24, 2.45) is 7.05 Å². The second kappa shape index (κ2) is 5.19. The maximum Gasteiger partial charge on any atom is 0.243 e. The number of aromatic amines is 1. The summed E-state index contributed by atoms with van der Waals surface area (Å²) >= 11 is 0. The molecule has 70 valence electrons. The molecule has 3 nitrogen and oxygen atoms in total. The largest absolute Gasteiger partial charge is 0.368 e. The second-order valence-corrected chi connectivity index (χ2v) is 2.79. The molecule has 0 atom stereocenters. The zero-order valence-corrected chi connectivity index (χ0v) is 8.14. The van der Waals surface area contributed by atoms with E-state index in [1.54, 1.807) is 0 Å². The lowest BCUT2D eigenvalue weighted by atomic mass is 10.7. The SMILES string of the molecule is CCn1cc[n+](C)c1.c1cc[nH]c1. The highest BCUT2D eigenvalue weighted by molar-refractivity contribution is 4.84. The van der Waals surface area contributed by atoms with E-state index in [9.17, 15) is 0 Å². The van der Waals surface area contributed by atoms with Crippen LogP contribution in [0.5, 0.6) is 0 Å². The Labute approximate surface area is 78.6 Å². The normalized spacial score (nSPS) is 9.08. The first kappa shape index (κ1) is 9.58. The Bertz CT molecular complexity index is 291. The van der Waals surface area contributed by atoms with Gasteiger partial charge in [0.1, 0.15) is 12.4 Å². The Balaban J connectivity index is 0.000000145. The van der Waals surface area contributed by atoms with Crippen LogP contribution in [0.3, 0.4) is 0 Å². The average molecular weight is 178 g/mol. The fourth-order valence-corrected chi connectivity index (χ4v) is 0.967. The number of nitrogens with zero attached hydrogens (tertiary/aromatic N) is 2. The number of imidazole rings is 1. The van der Waals surface area contributed by atoms with Crippen molar-refractivity contribution in [3.8, 4) is 0 Å². The molecular formula is C10H16N3+. The third kappa shape index (κ3) is 3.60. The molecule has 0 aliphatic heterocycles. The maximum atomic E-state index is 2.86. The minimum Gasteiger partial charge on any atom is -0.368 e. The second-order valence-electron chi connectivity index (χ2n) is 2.79. The zero-order chi connectivity index (χ0) is 9.52. The topological polar surface area (TPSA) is 24.6 Å². The van der Waals surface area contributed by atoms with E-state index in [1.165, 1.54) is 0 Å². The summed E-state index contributed by atoms with van der Waals surface area (Å²) in [6, 6.07) is 3.89. The third-order valence-corrected chi connectivity index (χ3v) is 1.68. The van der Waals surface area contributed by atoms with Gasteiger partial charge in [-0.2, -0.15) is 0 Å². The fraction of sp³-hybridized carbons (Fsp3) is 0.300. The van der Waals surface area contributed by atoms with Crippen molar-refractivity contribution in [2.45, 2.75) is 13.5 Å². The molecule has 0 saturated heterocycles. The first-order chi connectivity index (χ1) is 6.33. The number of H-pyrrole nitrogens is 1. The predicted molar refractivity (Wildman–Crippen MR) is 52.1 cm³/mol. The summed E-state index contributed by atoms with van der Waals surface area (Å²) in [6.07, 6.45) is 9.89. The molecule has 2 aromatic rings. The van der Waals surface area contributed by atoms with Gasteiger partial charge in [0, 0.05) is 12.4 Å². The number of rotatable bonds is 1. The van der Waals surface area contributed by atoms with Gasteiger partial charge in [-0.1, -0.05) is 0 Å². The zero-order valence-electron chi connectivity index (χ0n) is 8.14. The number of aromatic nitrogens is 3. The lowest BCUT2D eigenvalue weighted by Crippen LogP contribution is -2.23. The van der Waals surface area contributed by atoms with Crippen molar-refractivity contribution in [1.82, 2.24) is 9.55 Å². The third-order valence-electron chi connectivity index (χ3n) is 1.68. The lowest BCUT2D eigenvalue weighted by Gasteiger charge is -1.81. The van der Waals surface area contributed by atoms with Crippen molar-refractivity contribution in [2.75, 3.05) is 0 Å². The molecule has 0 aliphatic carbocycles. The van der Waals surface area contributed by atoms with Crippen LogP contribution in [0.25, 0.3) is 0 Å². The van der Waals surface area contributed by atoms with Gasteiger partial charge in [0.2, 0.25) is 6.33 Å². The quantitative estimate of drug-likeness (QED) is 0.638. The molecule has 2 aromatic heterocycles. The summed E-state index contributed by atoms with van der Waals surface area (Å²) in [4.78, 5) is 2.86. The van der Waals surface area contributed by atoms with Crippen molar-refractivity contribution in [3.05, 3.63) is 43.2 Å². The first-order valence-corrected chi connectivity index (χ1v) is 4.41. The lowest BCUT2D eigenvalue weighted by molar-refractivity contribution is -0.671. The van der Waals surface area contributed by atoms with Gasteiger partial charge in [0.25, 0.3) is 0 Å². The van der Waals surface area contributed by atoms with E-state index >= 15 is 0 Å². The Morgan fingerprint density at radius 1 is 1.31 bits per heavy atom. The summed E-state index contributed by atoms with van der Waals surface area (Å²) < 4.78 is 4.16. The molecule has 0 unspecified atom stereocenters. The van der Waals surface area contributed by atoms with Crippen LogP contribution in [-0.4, -0.2) is 9.55 Å². The van der Waals surface area contributed by atoms with Crippen LogP contribution in [0.4, 0.5) is 0 Å². The Morgan fingerprint density at radius 2 is 2.00 bits per heavy atom. The number of nitrogens with one attached hydrogen (secondary N) is 1. The van der Waals surface area contributed by atoms with E-state index < -0.39 is 0 Å². The molecule has 0 amide bonds. The van der Waals surface area contributed by atoms with Gasteiger partial charge < -0.3 is 4.98 Å². The molecule has 0 spiro atoms. The van der Waals surface area contributed by atoms with Gasteiger partial charge in [-0.25, -0.2) is 9.13 Å². The van der Waals surface area contributed by atoms with Gasteiger partial charge in [-0.15, -0.1) is 0 Å². The molecule has 13 heavy (non-hydrogen) atoms. The van der Waals surface area contributed by atoms with Crippen molar-refractivity contribution in [1.29, 1.82) is 0 Å². The summed E-state index contributed by atoms with van der Waals surface area (Å²) in [5, 5.41) is 0. The van der Waals surface area contributed by atoms with Crippen LogP contribution in [0.2, 0.25) is 0 Å². The predicted octanol–water partition coefficient (Wildman–Crippen LogP) is 1.35. The van der Waals surface area contributed by atoms with Crippen molar-refractivity contribution >= 4 is 0 Å². The van der Waals surface area contributed by atoms with E-state index in [0.29, 0.717) is 0 Å². The highest BCUT2D eigenvalue weighted by Gasteiger charge is 1.92. The van der Waals surface area contributed by atoms with E-state index in [1.807, 2.05) is 42.3 Å². The van der Waals surface area contributed by atoms with Gasteiger partial charge in [-0.05, 0) is 19.1 Å². The molecular weight excluding hydrogens is 162 g/mol. The van der Waals surface area contributed by atoms with Gasteiger partial charge in [0.05, 0.1) is 13.6 Å². The molecule has 0 radical (unpaired) electrons. The summed E-state index contributed by atoms with van der Waals surface area (Å²) in [6.45, 7) is 3.18. The van der Waals surface area contributed by atoms with Crippen molar-refractivity contribution in [3.63, 3.8) is 0 Å². The van der Waals surface area contributed by atoms with E-state index in [0.717, 1.165) is 6.54 Å². The number of hydrogen-bond acceptors (Lipinski definition) is 0. The van der Waals surface area contributed by atoms with Crippen LogP contribution in [-0.2, 0) is 13.6 Å². The molecule has 0 aromatic carbocycles. The van der Waals surface area contributed by atoms with Crippen LogP contribution in [0.1, 0.15) is 6.92 Å². The van der Waals surface area contributed by atoms with E-state index in [4.69, 9.17) is 0 Å². The number of aryl methyl sites for hydroxylation is 2. The van der Waals surface area contributed by atoms with Gasteiger partial charge in [-0.3, -0.25) is 0 Å². The molecule has 3 heteroatoms. The van der Waals surface area contributed by atoms with Crippen LogP contribution in [0, 0.1) is 0 Å². The maximum absolute atomic E-state index is 2.86. The molecule has 0 bridgehead atoms. The van der Waals surface area contributed by atoms with Gasteiger partial charge >= 0.3 is 0 Å². The number of hydrogen-bond donors (Lipinski definition) is 1. The van der Waals surface area contributed by atoms with Crippen LogP contribution >= 0.6 is 0 Å². The highest BCUT2D eigenvalue weighted by Crippen LogP contribution is 1.79. The standard InChI is InChI=1S/C6H11N2.C4H5N/c1-3-8-5-4-7(2)6-8;1-2-4-5-3-1/h4-6H,3H2,1-2H3;1-5H/q+1;. The summed E-state index contributed by atoms with van der Waals surface area (Å²) in [5.74, 6) is 0. The fourth-order valence-electron chi connectivity index (χ4n) is 0.967. The summed E-state index contributed by atoms with van der Waals surface area (Å²) in [5.41, 5.74) is 0. The summed E-state index contributed by atoms with van der Waals surface area (Å²) in [7, 11) is 2.02. The Hall–Kier alpha value is -1.51. The minimum absolute atomic E-state index is 1.06. The smallest absolute Gasteiger partial charge is 0.243 e. The van der Waals surface area contributed by atoms with Crippen LogP contribution in [0.15, 0.2) is 43.2 Å². The Morgan fingerprint density at radius 3 is 2.23 bits per heavy atom. The molecule has 0 aliphatic rings. The van der Waals surface area contributed by atoms with Crippen molar-refractivity contribution < 1.29 is 4.57 Å². The molecule has 2 heterocycles. The average Bonchev–Trinajstić information content (AvgIpc) is 2.76.